The van der Waals surface area contributed by atoms with Crippen LogP contribution < -0.4 is 0 Å². The van der Waals surface area contributed by atoms with Gasteiger partial charge in [0.1, 0.15) is 6.17 Å². The summed E-state index contributed by atoms with van der Waals surface area (Å²) in [4.78, 5) is 0. The molecular weight excluding hydrogens is 131 g/mol. The normalized spacial score (nSPS) is 17.7. The number of hydrogen-bond donors (Lipinski definition) is 0. The third kappa shape index (κ3) is 3.68. The Kier molecular flexibility index (Phi) is 5.05. The zero-order valence-electron chi connectivity index (χ0n) is 6.65. The molecule has 0 saturated heterocycles. The molecule has 0 aliphatic rings. The zero-order chi connectivity index (χ0) is 7.28. The summed E-state index contributed by atoms with van der Waals surface area (Å²) in [5.41, 5.74) is 0. The SMILES string of the molecule is CCC(C)C(F)CC[SiH3]. The summed E-state index contributed by atoms with van der Waals surface area (Å²) in [5.74, 6) is 0.277. The van der Waals surface area contributed by atoms with Crippen LogP contribution in [0.25, 0.3) is 0 Å². The van der Waals surface area contributed by atoms with Gasteiger partial charge in [0, 0.05) is 10.2 Å². The third-order valence-electron chi connectivity index (χ3n) is 1.83. The molecule has 0 rings (SSSR count). The van der Waals surface area contributed by atoms with E-state index in [0.29, 0.717) is 0 Å². The molecule has 0 N–H and O–H groups in total. The van der Waals surface area contributed by atoms with Gasteiger partial charge in [-0.1, -0.05) is 26.3 Å². The number of hydrogen-bond acceptors (Lipinski definition) is 0. The fourth-order valence-electron chi connectivity index (χ4n) is 0.816. The van der Waals surface area contributed by atoms with Crippen molar-refractivity contribution in [2.75, 3.05) is 0 Å². The van der Waals surface area contributed by atoms with Crippen LogP contribution in [-0.4, -0.2) is 16.4 Å². The van der Waals surface area contributed by atoms with Gasteiger partial charge in [-0.15, -0.1) is 0 Å². The van der Waals surface area contributed by atoms with Crippen LogP contribution in [0.15, 0.2) is 0 Å². The Bertz CT molecular complexity index is 65.9. The molecule has 0 aromatic heterocycles. The van der Waals surface area contributed by atoms with E-state index >= 15 is 0 Å². The molecule has 0 bridgehead atoms. The van der Waals surface area contributed by atoms with Crippen LogP contribution in [0.4, 0.5) is 4.39 Å². The molecule has 0 aliphatic heterocycles. The smallest absolute Gasteiger partial charge is 0.102 e. The van der Waals surface area contributed by atoms with Crippen molar-refractivity contribution in [3.05, 3.63) is 0 Å². The molecule has 0 aromatic rings. The molecule has 0 saturated carbocycles. The van der Waals surface area contributed by atoms with Crippen LogP contribution in [0.3, 0.4) is 0 Å². The Hall–Kier alpha value is 0.147. The van der Waals surface area contributed by atoms with Crippen molar-refractivity contribution in [3.8, 4) is 0 Å². The van der Waals surface area contributed by atoms with Gasteiger partial charge in [0.15, 0.2) is 0 Å². The van der Waals surface area contributed by atoms with Crippen LogP contribution in [0.2, 0.25) is 6.04 Å². The second-order valence-corrected chi connectivity index (χ2v) is 3.69. The van der Waals surface area contributed by atoms with E-state index in [1.54, 1.807) is 0 Å². The lowest BCUT2D eigenvalue weighted by Crippen LogP contribution is -2.10. The summed E-state index contributed by atoms with van der Waals surface area (Å²) in [6.45, 7) is 4.03. The van der Waals surface area contributed by atoms with Crippen LogP contribution in [-0.2, 0) is 0 Å². The van der Waals surface area contributed by atoms with Crippen LogP contribution in [0.1, 0.15) is 26.7 Å². The first-order valence-corrected chi connectivity index (χ1v) is 5.27. The highest BCUT2D eigenvalue weighted by atomic mass is 28.1. The molecular formula is C7H17FSi. The predicted molar refractivity (Wildman–Crippen MR) is 43.7 cm³/mol. The monoisotopic (exact) mass is 148 g/mol. The van der Waals surface area contributed by atoms with Gasteiger partial charge in [-0.05, 0) is 12.3 Å². The Morgan fingerprint density at radius 3 is 2.44 bits per heavy atom. The molecule has 0 heterocycles. The standard InChI is InChI=1S/C7H17FSi/c1-3-6(2)7(8)4-5-9/h6-7H,3-5H2,1-2,9H3. The number of halogens is 1. The second kappa shape index (κ2) is 4.97. The zero-order valence-corrected chi connectivity index (χ0v) is 8.65. The van der Waals surface area contributed by atoms with Crippen molar-refractivity contribution in [2.24, 2.45) is 5.92 Å². The summed E-state index contributed by atoms with van der Waals surface area (Å²) in [5, 5.41) is 0. The summed E-state index contributed by atoms with van der Waals surface area (Å²) < 4.78 is 12.8. The van der Waals surface area contributed by atoms with Gasteiger partial charge in [-0.3, -0.25) is 0 Å². The molecule has 0 aromatic carbocycles. The van der Waals surface area contributed by atoms with E-state index in [1.165, 1.54) is 0 Å². The first-order valence-electron chi connectivity index (χ1n) is 3.86. The average Bonchev–Trinajstić information content (AvgIpc) is 1.87. The van der Waals surface area contributed by atoms with Gasteiger partial charge < -0.3 is 0 Å². The summed E-state index contributed by atoms with van der Waals surface area (Å²) in [6.07, 6.45) is 1.23. The van der Waals surface area contributed by atoms with Crippen molar-refractivity contribution in [1.29, 1.82) is 0 Å². The second-order valence-electron chi connectivity index (χ2n) is 2.69. The van der Waals surface area contributed by atoms with E-state index in [0.717, 1.165) is 29.1 Å². The third-order valence-corrected chi connectivity index (χ3v) is 2.40. The maximum Gasteiger partial charge on any atom is 0.102 e. The van der Waals surface area contributed by atoms with E-state index in [4.69, 9.17) is 0 Å². The largest absolute Gasteiger partial charge is 0.247 e. The highest BCUT2D eigenvalue weighted by Crippen LogP contribution is 2.15. The minimum absolute atomic E-state index is 0.277. The average molecular weight is 148 g/mol. The molecule has 2 heteroatoms. The van der Waals surface area contributed by atoms with E-state index in [-0.39, 0.29) is 5.92 Å². The van der Waals surface area contributed by atoms with Crippen LogP contribution >= 0.6 is 0 Å². The first-order chi connectivity index (χ1) is 4.22. The van der Waals surface area contributed by atoms with E-state index in [1.807, 2.05) is 13.8 Å². The van der Waals surface area contributed by atoms with Crippen molar-refractivity contribution >= 4 is 10.2 Å². The predicted octanol–water partition coefficient (Wildman–Crippen LogP) is 1.54. The lowest BCUT2D eigenvalue weighted by atomic mass is 10.0. The summed E-state index contributed by atoms with van der Waals surface area (Å²) in [7, 11) is 1.15. The molecule has 0 amide bonds. The minimum Gasteiger partial charge on any atom is -0.247 e. The topological polar surface area (TPSA) is 0 Å². The van der Waals surface area contributed by atoms with Gasteiger partial charge in [0.2, 0.25) is 0 Å². The van der Waals surface area contributed by atoms with Gasteiger partial charge in [-0.2, -0.15) is 0 Å². The Balaban J connectivity index is 3.32. The van der Waals surface area contributed by atoms with E-state index < -0.39 is 6.17 Å². The van der Waals surface area contributed by atoms with Gasteiger partial charge in [0.25, 0.3) is 0 Å². The molecule has 0 radical (unpaired) electrons. The summed E-state index contributed by atoms with van der Waals surface area (Å²) in [6, 6.07) is 1.10. The number of alkyl halides is 1. The highest BCUT2D eigenvalue weighted by Gasteiger charge is 2.11. The highest BCUT2D eigenvalue weighted by molar-refractivity contribution is 6.08. The van der Waals surface area contributed by atoms with Gasteiger partial charge >= 0.3 is 0 Å². The molecule has 2 unspecified atom stereocenters. The molecule has 0 fully saturated rings. The fraction of sp³-hybridized carbons (Fsp3) is 1.00. The molecule has 0 spiro atoms. The maximum absolute atomic E-state index is 12.8. The van der Waals surface area contributed by atoms with Crippen molar-refractivity contribution < 1.29 is 4.39 Å². The Morgan fingerprint density at radius 1 is 1.56 bits per heavy atom. The molecule has 0 aliphatic carbocycles. The number of rotatable bonds is 4. The minimum atomic E-state index is -0.535. The lowest BCUT2D eigenvalue weighted by molar-refractivity contribution is 0.230. The lowest BCUT2D eigenvalue weighted by Gasteiger charge is -2.12. The molecule has 56 valence electrons. The summed E-state index contributed by atoms with van der Waals surface area (Å²) >= 11 is 0. The molecule has 0 nitrogen and oxygen atoms in total. The van der Waals surface area contributed by atoms with Gasteiger partial charge in [0.05, 0.1) is 0 Å². The maximum atomic E-state index is 12.8. The van der Waals surface area contributed by atoms with Gasteiger partial charge in [-0.25, -0.2) is 4.39 Å². The van der Waals surface area contributed by atoms with Crippen molar-refractivity contribution in [2.45, 2.75) is 38.9 Å². The van der Waals surface area contributed by atoms with E-state index in [2.05, 4.69) is 0 Å². The van der Waals surface area contributed by atoms with Crippen molar-refractivity contribution in [1.82, 2.24) is 0 Å². The first kappa shape index (κ1) is 9.15. The van der Waals surface area contributed by atoms with Crippen LogP contribution in [0.5, 0.6) is 0 Å². The Morgan fingerprint density at radius 2 is 2.11 bits per heavy atom. The molecule has 2 atom stereocenters. The van der Waals surface area contributed by atoms with Crippen molar-refractivity contribution in [3.63, 3.8) is 0 Å². The van der Waals surface area contributed by atoms with Crippen LogP contribution in [0, 0.1) is 5.92 Å². The fourth-order valence-corrected chi connectivity index (χ4v) is 1.37. The molecule has 9 heavy (non-hydrogen) atoms. The Labute approximate surface area is 60.3 Å². The van der Waals surface area contributed by atoms with E-state index in [9.17, 15) is 4.39 Å². The quantitative estimate of drug-likeness (QED) is 0.531.